The van der Waals surface area contributed by atoms with Gasteiger partial charge in [0.1, 0.15) is 0 Å². The minimum Gasteiger partial charge on any atom is -0.395 e. The number of hydrogen-bond acceptors (Lipinski definition) is 3. The first-order valence-corrected chi connectivity index (χ1v) is 7.04. The molecule has 0 saturated heterocycles. The highest BCUT2D eigenvalue weighted by molar-refractivity contribution is 9.10. The van der Waals surface area contributed by atoms with E-state index in [1.54, 1.807) is 26.0 Å². The molecule has 0 aliphatic heterocycles. The van der Waals surface area contributed by atoms with Crippen molar-refractivity contribution in [2.45, 2.75) is 24.8 Å². The highest BCUT2D eigenvalue weighted by Gasteiger charge is 2.18. The van der Waals surface area contributed by atoms with Gasteiger partial charge in [-0.3, -0.25) is 0 Å². The summed E-state index contributed by atoms with van der Waals surface area (Å²) in [6, 6.07) is 4.45. The molecule has 1 rings (SSSR count). The fourth-order valence-electron chi connectivity index (χ4n) is 1.28. The Morgan fingerprint density at radius 3 is 2.62 bits per heavy atom. The van der Waals surface area contributed by atoms with E-state index in [-0.39, 0.29) is 11.5 Å². The number of rotatable bonds is 4. The first kappa shape index (κ1) is 13.6. The van der Waals surface area contributed by atoms with E-state index < -0.39 is 16.1 Å². The standard InChI is InChI=1S/C10H14BrNO3S/c1-7-5-9(11)3-4-10(7)16(14,15)12-8(2)6-13/h3-5,8,12-13H,6H2,1-2H3/t8-/m1/s1. The van der Waals surface area contributed by atoms with E-state index in [2.05, 4.69) is 20.7 Å². The average molecular weight is 308 g/mol. The van der Waals surface area contributed by atoms with Crippen LogP contribution in [0, 0.1) is 6.92 Å². The quantitative estimate of drug-likeness (QED) is 0.884. The van der Waals surface area contributed by atoms with Gasteiger partial charge in [-0.05, 0) is 37.6 Å². The number of benzene rings is 1. The van der Waals surface area contributed by atoms with Crippen LogP contribution in [0.5, 0.6) is 0 Å². The van der Waals surface area contributed by atoms with Gasteiger partial charge in [-0.2, -0.15) is 0 Å². The van der Waals surface area contributed by atoms with Crippen LogP contribution < -0.4 is 4.72 Å². The monoisotopic (exact) mass is 307 g/mol. The molecular weight excluding hydrogens is 294 g/mol. The molecule has 0 aromatic heterocycles. The zero-order valence-electron chi connectivity index (χ0n) is 9.07. The first-order chi connectivity index (χ1) is 7.36. The summed E-state index contributed by atoms with van der Waals surface area (Å²) in [5.41, 5.74) is 0.659. The van der Waals surface area contributed by atoms with Gasteiger partial charge in [0.25, 0.3) is 0 Å². The van der Waals surface area contributed by atoms with Gasteiger partial charge in [0.15, 0.2) is 0 Å². The second-order valence-electron chi connectivity index (χ2n) is 3.61. The molecule has 0 amide bonds. The van der Waals surface area contributed by atoms with Gasteiger partial charge in [-0.15, -0.1) is 0 Å². The zero-order chi connectivity index (χ0) is 12.3. The second kappa shape index (κ2) is 5.27. The lowest BCUT2D eigenvalue weighted by Gasteiger charge is -2.13. The van der Waals surface area contributed by atoms with Gasteiger partial charge in [-0.1, -0.05) is 15.9 Å². The Kier molecular flexibility index (Phi) is 4.49. The first-order valence-electron chi connectivity index (χ1n) is 4.76. The molecule has 4 nitrogen and oxygen atoms in total. The number of nitrogens with one attached hydrogen (secondary N) is 1. The Hall–Kier alpha value is -0.430. The predicted molar refractivity (Wildman–Crippen MR) is 65.7 cm³/mol. The molecule has 0 spiro atoms. The van der Waals surface area contributed by atoms with Crippen molar-refractivity contribution in [3.63, 3.8) is 0 Å². The maximum atomic E-state index is 11.9. The Balaban J connectivity index is 3.08. The van der Waals surface area contributed by atoms with Crippen molar-refractivity contribution in [3.05, 3.63) is 28.2 Å². The van der Waals surface area contributed by atoms with Gasteiger partial charge < -0.3 is 5.11 Å². The van der Waals surface area contributed by atoms with Crippen molar-refractivity contribution in [1.82, 2.24) is 4.72 Å². The van der Waals surface area contributed by atoms with E-state index >= 15 is 0 Å². The molecule has 16 heavy (non-hydrogen) atoms. The van der Waals surface area contributed by atoms with E-state index in [9.17, 15) is 8.42 Å². The van der Waals surface area contributed by atoms with Crippen LogP contribution in [0.3, 0.4) is 0 Å². The molecule has 2 N–H and O–H groups in total. The number of aryl methyl sites for hydroxylation is 1. The SMILES string of the molecule is Cc1cc(Br)ccc1S(=O)(=O)N[C@H](C)CO. The molecule has 1 aromatic carbocycles. The highest BCUT2D eigenvalue weighted by Crippen LogP contribution is 2.19. The summed E-state index contributed by atoms with van der Waals surface area (Å²) in [6.45, 7) is 3.10. The Morgan fingerprint density at radius 2 is 2.12 bits per heavy atom. The summed E-state index contributed by atoms with van der Waals surface area (Å²) in [6.07, 6.45) is 0. The summed E-state index contributed by atoms with van der Waals surface area (Å²) < 4.78 is 27.0. The molecule has 1 aromatic rings. The fraction of sp³-hybridized carbons (Fsp3) is 0.400. The Morgan fingerprint density at radius 1 is 1.50 bits per heavy atom. The molecule has 0 fully saturated rings. The van der Waals surface area contributed by atoms with Crippen LogP contribution in [0.2, 0.25) is 0 Å². The van der Waals surface area contributed by atoms with E-state index in [4.69, 9.17) is 5.11 Å². The van der Waals surface area contributed by atoms with Crippen LogP contribution in [-0.2, 0) is 10.0 Å². The number of sulfonamides is 1. The van der Waals surface area contributed by atoms with Crippen LogP contribution in [0.1, 0.15) is 12.5 Å². The van der Waals surface area contributed by atoms with Crippen LogP contribution in [0.25, 0.3) is 0 Å². The Bertz CT molecular complexity index is 473. The number of hydrogen-bond donors (Lipinski definition) is 2. The van der Waals surface area contributed by atoms with E-state index in [0.29, 0.717) is 5.56 Å². The van der Waals surface area contributed by atoms with E-state index in [1.807, 2.05) is 0 Å². The number of aliphatic hydroxyl groups excluding tert-OH is 1. The molecule has 0 unspecified atom stereocenters. The average Bonchev–Trinajstić information content (AvgIpc) is 2.16. The Labute approximate surface area is 104 Å². The normalized spacial score (nSPS) is 13.8. The molecule has 0 bridgehead atoms. The lowest BCUT2D eigenvalue weighted by molar-refractivity contribution is 0.265. The highest BCUT2D eigenvalue weighted by atomic mass is 79.9. The maximum absolute atomic E-state index is 11.9. The third-order valence-corrected chi connectivity index (χ3v) is 4.30. The maximum Gasteiger partial charge on any atom is 0.241 e. The van der Waals surface area contributed by atoms with E-state index in [1.165, 1.54) is 6.07 Å². The minimum absolute atomic E-state index is 0.227. The van der Waals surface area contributed by atoms with Crippen molar-refractivity contribution in [2.75, 3.05) is 6.61 Å². The predicted octanol–water partition coefficient (Wildman–Crippen LogP) is 1.42. The molecular formula is C10H14BrNO3S. The largest absolute Gasteiger partial charge is 0.395 e. The van der Waals surface area contributed by atoms with E-state index in [0.717, 1.165) is 4.47 Å². The zero-order valence-corrected chi connectivity index (χ0v) is 11.5. The van der Waals surface area contributed by atoms with Crippen LogP contribution in [0.4, 0.5) is 0 Å². The van der Waals surface area contributed by atoms with Crippen molar-refractivity contribution >= 4 is 26.0 Å². The van der Waals surface area contributed by atoms with Crippen LogP contribution in [-0.4, -0.2) is 26.2 Å². The molecule has 0 saturated carbocycles. The van der Waals surface area contributed by atoms with Gasteiger partial charge in [0.05, 0.1) is 11.5 Å². The third kappa shape index (κ3) is 3.28. The van der Waals surface area contributed by atoms with Crippen molar-refractivity contribution in [1.29, 1.82) is 0 Å². The van der Waals surface area contributed by atoms with Gasteiger partial charge in [0, 0.05) is 10.5 Å². The van der Waals surface area contributed by atoms with Gasteiger partial charge in [0.2, 0.25) is 10.0 Å². The smallest absolute Gasteiger partial charge is 0.241 e. The molecule has 0 radical (unpaired) electrons. The second-order valence-corrected chi connectivity index (χ2v) is 6.21. The molecule has 6 heteroatoms. The number of aliphatic hydroxyl groups is 1. The van der Waals surface area contributed by atoms with Crippen LogP contribution >= 0.6 is 15.9 Å². The molecule has 0 aliphatic carbocycles. The lowest BCUT2D eigenvalue weighted by Crippen LogP contribution is -2.35. The molecule has 0 aliphatic rings. The number of halogens is 1. The van der Waals surface area contributed by atoms with Gasteiger partial charge in [-0.25, -0.2) is 13.1 Å². The fourth-order valence-corrected chi connectivity index (χ4v) is 3.22. The lowest BCUT2D eigenvalue weighted by atomic mass is 10.2. The summed E-state index contributed by atoms with van der Waals surface area (Å²) >= 11 is 3.27. The summed E-state index contributed by atoms with van der Waals surface area (Å²) in [5.74, 6) is 0. The van der Waals surface area contributed by atoms with Gasteiger partial charge >= 0.3 is 0 Å². The minimum atomic E-state index is -3.55. The summed E-state index contributed by atoms with van der Waals surface area (Å²) in [7, 11) is -3.55. The van der Waals surface area contributed by atoms with Crippen molar-refractivity contribution in [3.8, 4) is 0 Å². The van der Waals surface area contributed by atoms with Crippen LogP contribution in [0.15, 0.2) is 27.6 Å². The summed E-state index contributed by atoms with van der Waals surface area (Å²) in [4.78, 5) is 0.232. The van der Waals surface area contributed by atoms with Crippen molar-refractivity contribution in [2.24, 2.45) is 0 Å². The topological polar surface area (TPSA) is 66.4 Å². The molecule has 0 heterocycles. The molecule has 90 valence electrons. The third-order valence-electron chi connectivity index (χ3n) is 2.06. The van der Waals surface area contributed by atoms with Crippen molar-refractivity contribution < 1.29 is 13.5 Å². The molecule has 1 atom stereocenters. The summed E-state index contributed by atoms with van der Waals surface area (Å²) in [5, 5.41) is 8.82.